The van der Waals surface area contributed by atoms with E-state index in [-0.39, 0.29) is 22.8 Å². The van der Waals surface area contributed by atoms with Gasteiger partial charge in [-0.15, -0.1) is 0 Å². The Hall–Kier alpha value is -1.15. The van der Waals surface area contributed by atoms with E-state index in [1.165, 1.54) is 0 Å². The molecule has 0 saturated heterocycles. The molecule has 0 radical (unpaired) electrons. The fourth-order valence-electron chi connectivity index (χ4n) is 2.91. The van der Waals surface area contributed by atoms with Gasteiger partial charge in [0.2, 0.25) is 0 Å². The summed E-state index contributed by atoms with van der Waals surface area (Å²) in [4.78, 5) is 0. The minimum Gasteiger partial charge on any atom is -0.497 e. The molecule has 0 heterocycles. The molecule has 2 atom stereocenters. The molecule has 0 aliphatic heterocycles. The summed E-state index contributed by atoms with van der Waals surface area (Å²) in [6, 6.07) is 7.74. The van der Waals surface area contributed by atoms with Gasteiger partial charge in [-0.1, -0.05) is 65.5 Å². The number of benzene rings is 1. The van der Waals surface area contributed by atoms with Gasteiger partial charge in [0, 0.05) is 6.42 Å². The smallest absolute Gasteiger partial charge is 0.192 e. The van der Waals surface area contributed by atoms with Gasteiger partial charge in [-0.2, -0.15) is 0 Å². The summed E-state index contributed by atoms with van der Waals surface area (Å²) in [7, 11) is -2.36. The van der Waals surface area contributed by atoms with Crippen molar-refractivity contribution in [1.29, 1.82) is 0 Å². The third-order valence-corrected chi connectivity index (χ3v) is 16.3. The molecule has 1 N–H and O–H groups in total. The van der Waals surface area contributed by atoms with Gasteiger partial charge in [0.15, 0.2) is 16.6 Å². The number of hydrogen-bond donors (Lipinski definition) is 1. The van der Waals surface area contributed by atoms with Crippen LogP contribution in [0.25, 0.3) is 0 Å². The monoisotopic (exact) mass is 522 g/mol. The zero-order valence-electron chi connectivity index (χ0n) is 24.3. The van der Waals surface area contributed by atoms with Crippen LogP contribution >= 0.6 is 0 Å². The van der Waals surface area contributed by atoms with Crippen LogP contribution in [-0.2, 0) is 20.2 Å². The van der Waals surface area contributed by atoms with Gasteiger partial charge < -0.3 is 23.4 Å². The van der Waals surface area contributed by atoms with E-state index in [0.717, 1.165) is 11.3 Å². The Morgan fingerprint density at radius 3 is 1.91 bits per heavy atom. The lowest BCUT2D eigenvalue weighted by atomic mass is 9.99. The number of hydrogen-bond acceptors (Lipinski definition) is 5. The molecule has 0 bridgehead atoms. The summed E-state index contributed by atoms with van der Waals surface area (Å²) in [5.41, 5.74) is -0.155. The molecule has 7 heteroatoms. The van der Waals surface area contributed by atoms with Crippen molar-refractivity contribution in [2.75, 3.05) is 20.3 Å². The predicted octanol–water partition coefficient (Wildman–Crippen LogP) is 6.77. The van der Waals surface area contributed by atoms with E-state index in [1.807, 2.05) is 24.3 Å². The van der Waals surface area contributed by atoms with Crippen LogP contribution in [0.2, 0.25) is 36.3 Å². The molecule has 0 aliphatic carbocycles. The highest BCUT2D eigenvalue weighted by Gasteiger charge is 2.42. The van der Waals surface area contributed by atoms with Crippen LogP contribution in [0, 0.1) is 11.8 Å². The van der Waals surface area contributed by atoms with Crippen LogP contribution in [0.5, 0.6) is 5.75 Å². The van der Waals surface area contributed by atoms with Gasteiger partial charge in [0.1, 0.15) is 18.0 Å². The molecule has 0 amide bonds. The average Bonchev–Trinajstić information content (AvgIpc) is 2.70. The summed E-state index contributed by atoms with van der Waals surface area (Å²) in [6.45, 7) is 25.3. The summed E-state index contributed by atoms with van der Waals surface area (Å²) < 4.78 is 24.1. The first-order valence-electron chi connectivity index (χ1n) is 12.5. The number of methoxy groups -OCH3 is 1. The van der Waals surface area contributed by atoms with Crippen LogP contribution in [0.3, 0.4) is 0 Å². The lowest BCUT2D eigenvalue weighted by Crippen LogP contribution is -2.49. The zero-order chi connectivity index (χ0) is 27.1. The molecule has 1 rings (SSSR count). The van der Waals surface area contributed by atoms with Gasteiger partial charge in [-0.25, -0.2) is 0 Å². The van der Waals surface area contributed by atoms with E-state index < -0.39 is 22.2 Å². The van der Waals surface area contributed by atoms with E-state index in [4.69, 9.17) is 18.3 Å². The molecule has 1 unspecified atom stereocenters. The van der Waals surface area contributed by atoms with E-state index in [2.05, 4.69) is 79.6 Å². The Kier molecular flexibility index (Phi) is 11.3. The average molecular weight is 523 g/mol. The molecule has 1 aromatic carbocycles. The van der Waals surface area contributed by atoms with Crippen molar-refractivity contribution in [2.45, 2.75) is 109 Å². The number of rotatable bonds is 11. The van der Waals surface area contributed by atoms with Gasteiger partial charge in [0.25, 0.3) is 0 Å². The summed E-state index contributed by atoms with van der Waals surface area (Å²) >= 11 is 0. The first-order chi connectivity index (χ1) is 15.8. The first kappa shape index (κ1) is 31.9. The molecule has 0 spiro atoms. The molecule has 5 nitrogen and oxygen atoms in total. The molecular formula is C28H50O5Si2. The highest BCUT2D eigenvalue weighted by molar-refractivity contribution is 6.74. The standard InChI is InChI=1S/C28H50O5Si2/c1-26(2,3)34(9,10)32-22-25(33-35(11,12)27(4,5)6)20-28(7,29)18-13-19-31-21-23-14-16-24(30-8)17-15-23/h14-17,25,29H,19-22H2,1-12H3/t25-,28?/m0/s1. The van der Waals surface area contributed by atoms with Crippen LogP contribution in [-0.4, -0.2) is 53.8 Å². The molecule has 1 aromatic rings. The van der Waals surface area contributed by atoms with Crippen molar-refractivity contribution < 1.29 is 23.4 Å². The third kappa shape index (κ3) is 10.8. The first-order valence-corrected chi connectivity index (χ1v) is 18.4. The Morgan fingerprint density at radius 2 is 1.43 bits per heavy atom. The second-order valence-corrected chi connectivity index (χ2v) is 22.3. The minimum atomic E-state index is -2.06. The molecule has 0 saturated carbocycles. The van der Waals surface area contributed by atoms with Gasteiger partial charge in [-0.3, -0.25) is 0 Å². The summed E-state index contributed by atoms with van der Waals surface area (Å²) in [5, 5.41) is 11.3. The van der Waals surface area contributed by atoms with Crippen molar-refractivity contribution in [3.05, 3.63) is 29.8 Å². The lowest BCUT2D eigenvalue weighted by molar-refractivity contribution is 0.0271. The Balaban J connectivity index is 2.83. The number of aliphatic hydroxyl groups is 1. The largest absolute Gasteiger partial charge is 0.497 e. The molecule has 35 heavy (non-hydrogen) atoms. The topological polar surface area (TPSA) is 57.2 Å². The van der Waals surface area contributed by atoms with Gasteiger partial charge >= 0.3 is 0 Å². The van der Waals surface area contributed by atoms with Crippen molar-refractivity contribution in [2.24, 2.45) is 0 Å². The summed E-state index contributed by atoms with van der Waals surface area (Å²) in [6.07, 6.45) is 0.161. The second kappa shape index (κ2) is 12.4. The fourth-order valence-corrected chi connectivity index (χ4v) is 5.28. The van der Waals surface area contributed by atoms with Gasteiger partial charge in [0.05, 0.1) is 26.4 Å². The molecule has 0 aliphatic rings. The van der Waals surface area contributed by atoms with Crippen LogP contribution in [0.1, 0.15) is 60.5 Å². The van der Waals surface area contributed by atoms with Gasteiger partial charge in [-0.05, 0) is 60.9 Å². The van der Waals surface area contributed by atoms with Crippen molar-refractivity contribution in [3.63, 3.8) is 0 Å². The predicted molar refractivity (Wildman–Crippen MR) is 151 cm³/mol. The summed E-state index contributed by atoms with van der Waals surface area (Å²) in [5.74, 6) is 6.80. The molecular weight excluding hydrogens is 472 g/mol. The normalized spacial score (nSPS) is 15.7. The van der Waals surface area contributed by atoms with Crippen LogP contribution in [0.4, 0.5) is 0 Å². The third-order valence-electron chi connectivity index (χ3n) is 7.29. The maximum atomic E-state index is 11.1. The van der Waals surface area contributed by atoms with Crippen molar-refractivity contribution in [1.82, 2.24) is 0 Å². The molecule has 200 valence electrons. The van der Waals surface area contributed by atoms with E-state index in [9.17, 15) is 5.11 Å². The van der Waals surface area contributed by atoms with Crippen molar-refractivity contribution >= 4 is 16.6 Å². The Bertz CT molecular complexity index is 837. The highest BCUT2D eigenvalue weighted by atomic mass is 28.4. The molecule has 0 fully saturated rings. The quantitative estimate of drug-likeness (QED) is 0.197. The Morgan fingerprint density at radius 1 is 0.886 bits per heavy atom. The Labute approximate surface area is 217 Å². The highest BCUT2D eigenvalue weighted by Crippen LogP contribution is 2.40. The van der Waals surface area contributed by atoms with E-state index in [1.54, 1.807) is 14.0 Å². The van der Waals surface area contributed by atoms with E-state index >= 15 is 0 Å². The zero-order valence-corrected chi connectivity index (χ0v) is 26.3. The van der Waals surface area contributed by atoms with Crippen LogP contribution in [0.15, 0.2) is 24.3 Å². The molecule has 0 aromatic heterocycles. The number of ether oxygens (including phenoxy) is 2. The minimum absolute atomic E-state index is 0.0645. The fraction of sp³-hybridized carbons (Fsp3) is 0.714. The SMILES string of the molecule is COc1ccc(COCC#CC(C)(O)C[C@@H](CO[Si](C)(C)C(C)(C)C)O[Si](C)(C)C(C)(C)C)cc1. The van der Waals surface area contributed by atoms with E-state index in [0.29, 0.717) is 19.6 Å². The van der Waals surface area contributed by atoms with Crippen molar-refractivity contribution in [3.8, 4) is 17.6 Å². The van der Waals surface area contributed by atoms with Crippen LogP contribution < -0.4 is 4.74 Å². The maximum absolute atomic E-state index is 11.1. The second-order valence-electron chi connectivity index (χ2n) is 12.7. The maximum Gasteiger partial charge on any atom is 0.192 e. The lowest BCUT2D eigenvalue weighted by Gasteiger charge is -2.42.